The molecular weight excluding hydrogens is 298 g/mol. The molecule has 0 aliphatic rings. The predicted octanol–water partition coefficient (Wildman–Crippen LogP) is 2.23. The van der Waals surface area contributed by atoms with Crippen LogP contribution >= 0.6 is 15.9 Å². The van der Waals surface area contributed by atoms with E-state index in [9.17, 15) is 4.79 Å². The average Bonchev–Trinajstić information content (AvgIpc) is 2.25. The highest BCUT2D eigenvalue weighted by molar-refractivity contribution is 9.10. The minimum atomic E-state index is -0.265. The van der Waals surface area contributed by atoms with Gasteiger partial charge in [-0.2, -0.15) is 0 Å². The number of nitrogens with one attached hydrogen (secondary N) is 1. The first-order valence-corrected chi connectivity index (χ1v) is 6.44. The molecule has 0 saturated carbocycles. The van der Waals surface area contributed by atoms with E-state index in [1.807, 2.05) is 20.8 Å². The van der Waals surface area contributed by atoms with Crippen molar-refractivity contribution >= 4 is 21.8 Å². The summed E-state index contributed by atoms with van der Waals surface area (Å²) in [4.78, 5) is 11.6. The lowest BCUT2D eigenvalue weighted by atomic mass is 10.1. The molecule has 1 aromatic rings. The number of amides is 1. The molecule has 2 N–H and O–H groups in total. The highest BCUT2D eigenvalue weighted by atomic mass is 79.9. The lowest BCUT2D eigenvalue weighted by molar-refractivity contribution is -0.124. The van der Waals surface area contributed by atoms with Gasteiger partial charge >= 0.3 is 0 Å². The molecule has 0 atom stereocenters. The molecule has 100 valence electrons. The Morgan fingerprint density at radius 2 is 2.11 bits per heavy atom. The van der Waals surface area contributed by atoms with Gasteiger partial charge in [-0.05, 0) is 54.4 Å². The molecule has 0 spiro atoms. The van der Waals surface area contributed by atoms with Gasteiger partial charge in [0.2, 0.25) is 0 Å². The number of aliphatic hydroxyl groups is 1. The Hall–Kier alpha value is -1.07. The number of rotatable bonds is 4. The summed E-state index contributed by atoms with van der Waals surface area (Å²) in [6.45, 7) is 5.68. The van der Waals surface area contributed by atoms with Crippen LogP contribution in [0.4, 0.5) is 0 Å². The number of hydrogen-bond donors (Lipinski definition) is 2. The van der Waals surface area contributed by atoms with Crippen LogP contribution in [0.5, 0.6) is 5.75 Å². The molecular formula is C13H18BrNO3. The lowest BCUT2D eigenvalue weighted by Gasteiger charge is -2.20. The fourth-order valence-electron chi connectivity index (χ4n) is 1.36. The molecule has 0 heterocycles. The average molecular weight is 316 g/mol. The van der Waals surface area contributed by atoms with Crippen LogP contribution in [0.15, 0.2) is 22.7 Å². The summed E-state index contributed by atoms with van der Waals surface area (Å²) >= 11 is 3.33. The Balaban J connectivity index is 2.56. The molecule has 0 aromatic heterocycles. The molecule has 0 bridgehead atoms. The third-order valence-electron chi connectivity index (χ3n) is 2.05. The van der Waals surface area contributed by atoms with E-state index >= 15 is 0 Å². The van der Waals surface area contributed by atoms with E-state index in [1.165, 1.54) is 0 Å². The highest BCUT2D eigenvalue weighted by Crippen LogP contribution is 2.25. The molecule has 0 aliphatic carbocycles. The molecule has 0 unspecified atom stereocenters. The van der Waals surface area contributed by atoms with E-state index in [2.05, 4.69) is 21.2 Å². The number of carbonyl (C=O) groups is 1. The van der Waals surface area contributed by atoms with Crippen molar-refractivity contribution in [3.63, 3.8) is 0 Å². The second-order valence-electron chi connectivity index (χ2n) is 5.01. The van der Waals surface area contributed by atoms with E-state index in [-0.39, 0.29) is 24.7 Å². The zero-order chi connectivity index (χ0) is 13.8. The van der Waals surface area contributed by atoms with Gasteiger partial charge in [0.15, 0.2) is 6.61 Å². The van der Waals surface area contributed by atoms with Gasteiger partial charge in [0.1, 0.15) is 5.75 Å². The number of benzene rings is 1. The molecule has 0 aliphatic heterocycles. The number of ether oxygens (including phenoxy) is 1. The van der Waals surface area contributed by atoms with Gasteiger partial charge in [-0.25, -0.2) is 0 Å². The molecule has 1 amide bonds. The van der Waals surface area contributed by atoms with Crippen LogP contribution in [0.1, 0.15) is 26.3 Å². The van der Waals surface area contributed by atoms with E-state index in [4.69, 9.17) is 9.84 Å². The Morgan fingerprint density at radius 1 is 1.44 bits per heavy atom. The first-order valence-electron chi connectivity index (χ1n) is 5.65. The predicted molar refractivity (Wildman–Crippen MR) is 73.5 cm³/mol. The van der Waals surface area contributed by atoms with Crippen molar-refractivity contribution in [1.82, 2.24) is 5.32 Å². The Labute approximate surface area is 115 Å². The molecule has 0 radical (unpaired) electrons. The van der Waals surface area contributed by atoms with Gasteiger partial charge in [0.25, 0.3) is 5.91 Å². The van der Waals surface area contributed by atoms with E-state index in [1.54, 1.807) is 18.2 Å². The summed E-state index contributed by atoms with van der Waals surface area (Å²) in [7, 11) is 0. The van der Waals surface area contributed by atoms with Crippen molar-refractivity contribution < 1.29 is 14.6 Å². The normalized spacial score (nSPS) is 11.2. The SMILES string of the molecule is CC(C)(C)NC(=O)COc1ccc(CO)cc1Br. The zero-order valence-corrected chi connectivity index (χ0v) is 12.4. The Kier molecular flexibility index (Phi) is 5.16. The van der Waals surface area contributed by atoms with Crippen LogP contribution in [-0.4, -0.2) is 23.2 Å². The standard InChI is InChI=1S/C13H18BrNO3/c1-13(2,3)15-12(17)8-18-11-5-4-9(7-16)6-10(11)14/h4-6,16H,7-8H2,1-3H3,(H,15,17). The van der Waals surface area contributed by atoms with E-state index in [0.717, 1.165) is 10.0 Å². The number of hydrogen-bond acceptors (Lipinski definition) is 3. The fraction of sp³-hybridized carbons (Fsp3) is 0.462. The van der Waals surface area contributed by atoms with E-state index in [0.29, 0.717) is 5.75 Å². The Bertz CT molecular complexity index is 427. The lowest BCUT2D eigenvalue weighted by Crippen LogP contribution is -2.43. The van der Waals surface area contributed by atoms with Crippen molar-refractivity contribution in [1.29, 1.82) is 0 Å². The van der Waals surface area contributed by atoms with Crippen LogP contribution < -0.4 is 10.1 Å². The highest BCUT2D eigenvalue weighted by Gasteiger charge is 2.14. The van der Waals surface area contributed by atoms with Gasteiger partial charge in [0, 0.05) is 5.54 Å². The van der Waals surface area contributed by atoms with Crippen LogP contribution in [0.2, 0.25) is 0 Å². The molecule has 0 saturated heterocycles. The molecule has 1 rings (SSSR count). The van der Waals surface area contributed by atoms with Gasteiger partial charge in [-0.3, -0.25) is 4.79 Å². The molecule has 1 aromatic carbocycles. The quantitative estimate of drug-likeness (QED) is 0.895. The van der Waals surface area contributed by atoms with Crippen molar-refractivity contribution in [3.8, 4) is 5.75 Å². The van der Waals surface area contributed by atoms with Crippen molar-refractivity contribution in [2.24, 2.45) is 0 Å². The summed E-state index contributed by atoms with van der Waals surface area (Å²) in [6, 6.07) is 5.23. The summed E-state index contributed by atoms with van der Waals surface area (Å²) in [5.74, 6) is 0.414. The topological polar surface area (TPSA) is 58.6 Å². The minimum Gasteiger partial charge on any atom is -0.483 e. The monoisotopic (exact) mass is 315 g/mol. The van der Waals surface area contributed by atoms with E-state index < -0.39 is 0 Å². The van der Waals surface area contributed by atoms with Gasteiger partial charge in [-0.15, -0.1) is 0 Å². The molecule has 18 heavy (non-hydrogen) atoms. The van der Waals surface area contributed by atoms with Gasteiger partial charge in [-0.1, -0.05) is 6.07 Å². The van der Waals surface area contributed by atoms with Crippen molar-refractivity contribution in [2.75, 3.05) is 6.61 Å². The summed E-state index contributed by atoms with van der Waals surface area (Å²) in [6.07, 6.45) is 0. The Morgan fingerprint density at radius 3 is 2.61 bits per heavy atom. The maximum atomic E-state index is 11.6. The number of carbonyl (C=O) groups excluding carboxylic acids is 1. The van der Waals surface area contributed by atoms with Gasteiger partial charge in [0.05, 0.1) is 11.1 Å². The smallest absolute Gasteiger partial charge is 0.258 e. The third kappa shape index (κ3) is 5.06. The molecule has 4 nitrogen and oxygen atoms in total. The maximum absolute atomic E-state index is 11.6. The molecule has 0 fully saturated rings. The van der Waals surface area contributed by atoms with Crippen LogP contribution in [0.25, 0.3) is 0 Å². The maximum Gasteiger partial charge on any atom is 0.258 e. The summed E-state index contributed by atoms with van der Waals surface area (Å²) in [5.41, 5.74) is 0.520. The zero-order valence-electron chi connectivity index (χ0n) is 10.8. The minimum absolute atomic E-state index is 0.0244. The number of halogens is 1. The second kappa shape index (κ2) is 6.20. The third-order valence-corrected chi connectivity index (χ3v) is 2.67. The largest absolute Gasteiger partial charge is 0.483 e. The first-order chi connectivity index (χ1) is 8.31. The van der Waals surface area contributed by atoms with Gasteiger partial charge < -0.3 is 15.2 Å². The van der Waals surface area contributed by atoms with Crippen molar-refractivity contribution in [3.05, 3.63) is 28.2 Å². The van der Waals surface area contributed by atoms with Crippen LogP contribution in [0.3, 0.4) is 0 Å². The van der Waals surface area contributed by atoms with Crippen molar-refractivity contribution in [2.45, 2.75) is 32.9 Å². The fourth-order valence-corrected chi connectivity index (χ4v) is 1.90. The first kappa shape index (κ1) is 15.0. The second-order valence-corrected chi connectivity index (χ2v) is 5.86. The van der Waals surface area contributed by atoms with Crippen LogP contribution in [-0.2, 0) is 11.4 Å². The summed E-state index contributed by atoms with van der Waals surface area (Å²) in [5, 5.41) is 11.8. The molecule has 5 heteroatoms. The van der Waals surface area contributed by atoms with Crippen LogP contribution in [0, 0.1) is 0 Å². The summed E-state index contributed by atoms with van der Waals surface area (Å²) < 4.78 is 6.12. The number of aliphatic hydroxyl groups excluding tert-OH is 1.